The third-order valence-electron chi connectivity index (χ3n) is 2.72. The molecule has 21 heavy (non-hydrogen) atoms. The molecule has 0 spiro atoms. The molecule has 0 aliphatic rings. The maximum Gasteiger partial charge on any atom is 0.271 e. The minimum atomic E-state index is -0.261. The van der Waals surface area contributed by atoms with Crippen LogP contribution >= 0.6 is 0 Å². The summed E-state index contributed by atoms with van der Waals surface area (Å²) >= 11 is 0. The van der Waals surface area contributed by atoms with Crippen molar-refractivity contribution in [3.63, 3.8) is 0 Å². The van der Waals surface area contributed by atoms with Gasteiger partial charge in [-0.3, -0.25) is 4.79 Å². The Bertz CT molecular complexity index is 641. The second kappa shape index (κ2) is 7.82. The van der Waals surface area contributed by atoms with E-state index in [2.05, 4.69) is 32.1 Å². The minimum absolute atomic E-state index is 0.00102. The minimum Gasteiger partial charge on any atom is -0.395 e. The summed E-state index contributed by atoms with van der Waals surface area (Å²) < 4.78 is 0. The Labute approximate surface area is 122 Å². The van der Waals surface area contributed by atoms with Crippen LogP contribution in [0.15, 0.2) is 30.9 Å². The zero-order valence-corrected chi connectivity index (χ0v) is 11.5. The molecule has 0 unspecified atom stereocenters. The summed E-state index contributed by atoms with van der Waals surface area (Å²) in [6, 6.07) is 3.46. The van der Waals surface area contributed by atoms with Gasteiger partial charge in [-0.25, -0.2) is 9.97 Å². The van der Waals surface area contributed by atoms with Crippen molar-refractivity contribution in [2.45, 2.75) is 12.8 Å². The third-order valence-corrected chi connectivity index (χ3v) is 2.72. The lowest BCUT2D eigenvalue weighted by atomic mass is 10.2. The fourth-order valence-electron chi connectivity index (χ4n) is 1.72. The van der Waals surface area contributed by atoms with Crippen molar-refractivity contribution in [3.8, 4) is 11.8 Å². The van der Waals surface area contributed by atoms with Gasteiger partial charge in [0.15, 0.2) is 0 Å². The fourth-order valence-corrected chi connectivity index (χ4v) is 1.72. The predicted octanol–water partition coefficient (Wildman–Crippen LogP) is 0.511. The van der Waals surface area contributed by atoms with Gasteiger partial charge in [-0.15, -0.1) is 0 Å². The predicted molar refractivity (Wildman–Crippen MR) is 77.4 cm³/mol. The molecule has 108 valence electrons. The van der Waals surface area contributed by atoms with Crippen LogP contribution in [0.25, 0.3) is 0 Å². The molecule has 2 aromatic heterocycles. The SMILES string of the molecule is O=C(NCCc1cnc[nH]1)c1ncccc1C#CCCO. The Morgan fingerprint density at radius 2 is 2.38 bits per heavy atom. The van der Waals surface area contributed by atoms with Crippen molar-refractivity contribution < 1.29 is 9.90 Å². The van der Waals surface area contributed by atoms with Gasteiger partial charge in [-0.2, -0.15) is 0 Å². The van der Waals surface area contributed by atoms with Crippen molar-refractivity contribution in [1.29, 1.82) is 0 Å². The number of amides is 1. The van der Waals surface area contributed by atoms with E-state index in [0.717, 1.165) is 5.69 Å². The maximum absolute atomic E-state index is 12.1. The lowest BCUT2D eigenvalue weighted by Crippen LogP contribution is -2.27. The highest BCUT2D eigenvalue weighted by molar-refractivity contribution is 5.94. The smallest absolute Gasteiger partial charge is 0.271 e. The van der Waals surface area contributed by atoms with E-state index in [4.69, 9.17) is 5.11 Å². The summed E-state index contributed by atoms with van der Waals surface area (Å²) in [6.07, 6.45) is 5.92. The van der Waals surface area contributed by atoms with Gasteiger partial charge in [0.05, 0.1) is 18.5 Å². The lowest BCUT2D eigenvalue weighted by molar-refractivity contribution is 0.0949. The third kappa shape index (κ3) is 4.44. The number of H-pyrrole nitrogens is 1. The first-order chi connectivity index (χ1) is 10.3. The van der Waals surface area contributed by atoms with Crippen LogP contribution in [0.1, 0.15) is 28.2 Å². The van der Waals surface area contributed by atoms with E-state index in [1.54, 1.807) is 30.9 Å². The summed E-state index contributed by atoms with van der Waals surface area (Å²) in [5, 5.41) is 11.5. The molecule has 3 N–H and O–H groups in total. The van der Waals surface area contributed by atoms with E-state index in [1.165, 1.54) is 0 Å². The van der Waals surface area contributed by atoms with Gasteiger partial charge < -0.3 is 15.4 Å². The first kappa shape index (κ1) is 14.8. The molecule has 2 heterocycles. The van der Waals surface area contributed by atoms with Crippen LogP contribution in [0.3, 0.4) is 0 Å². The number of hydrogen-bond donors (Lipinski definition) is 3. The number of hydrogen-bond acceptors (Lipinski definition) is 4. The van der Waals surface area contributed by atoms with Crippen LogP contribution in [-0.2, 0) is 6.42 Å². The Morgan fingerprint density at radius 1 is 1.48 bits per heavy atom. The van der Waals surface area contributed by atoms with Crippen LogP contribution in [0.2, 0.25) is 0 Å². The highest BCUT2D eigenvalue weighted by Crippen LogP contribution is 2.03. The summed E-state index contributed by atoms with van der Waals surface area (Å²) in [7, 11) is 0. The van der Waals surface area contributed by atoms with Crippen LogP contribution in [0.5, 0.6) is 0 Å². The number of nitrogens with one attached hydrogen (secondary N) is 2. The second-order valence-electron chi connectivity index (χ2n) is 4.26. The van der Waals surface area contributed by atoms with Gasteiger partial charge in [0.25, 0.3) is 5.91 Å². The fraction of sp³-hybridized carbons (Fsp3) is 0.267. The standard InChI is InChI=1S/C15H16N4O2/c20-9-2-1-4-12-5-3-7-17-14(12)15(21)18-8-6-13-10-16-11-19-13/h3,5,7,10-11,20H,2,6,8-9H2,(H,16,19)(H,18,21). The van der Waals surface area contributed by atoms with Gasteiger partial charge in [0.1, 0.15) is 5.69 Å². The number of nitrogens with zero attached hydrogens (tertiary/aromatic N) is 2. The quantitative estimate of drug-likeness (QED) is 0.698. The van der Waals surface area contributed by atoms with E-state index in [9.17, 15) is 4.79 Å². The second-order valence-corrected chi connectivity index (χ2v) is 4.26. The van der Waals surface area contributed by atoms with Crippen LogP contribution in [0.4, 0.5) is 0 Å². The monoisotopic (exact) mass is 284 g/mol. The molecule has 1 amide bonds. The normalized spacial score (nSPS) is 9.76. The zero-order valence-electron chi connectivity index (χ0n) is 11.5. The number of pyridine rings is 1. The van der Waals surface area contributed by atoms with Gasteiger partial charge in [-0.05, 0) is 12.1 Å². The average molecular weight is 284 g/mol. The van der Waals surface area contributed by atoms with Crippen molar-refractivity contribution in [1.82, 2.24) is 20.3 Å². The molecule has 0 aromatic carbocycles. The van der Waals surface area contributed by atoms with Crippen molar-refractivity contribution in [2.75, 3.05) is 13.2 Å². The molecular formula is C15H16N4O2. The molecule has 6 nitrogen and oxygen atoms in total. The van der Waals surface area contributed by atoms with Crippen LogP contribution in [0, 0.1) is 11.8 Å². The summed E-state index contributed by atoms with van der Waals surface area (Å²) in [4.78, 5) is 23.1. The lowest BCUT2D eigenvalue weighted by Gasteiger charge is -2.05. The molecule has 0 atom stereocenters. The van der Waals surface area contributed by atoms with Crippen molar-refractivity contribution >= 4 is 5.91 Å². The number of aromatic amines is 1. The highest BCUT2D eigenvalue weighted by atomic mass is 16.2. The Balaban J connectivity index is 1.97. The Kier molecular flexibility index (Phi) is 5.50. The first-order valence-electron chi connectivity index (χ1n) is 6.61. The molecule has 0 aliphatic heterocycles. The number of carbonyl (C=O) groups excluding carboxylic acids is 1. The van der Waals surface area contributed by atoms with E-state index in [-0.39, 0.29) is 12.5 Å². The Hall–Kier alpha value is -2.65. The van der Waals surface area contributed by atoms with Gasteiger partial charge in [0, 0.05) is 37.5 Å². The van der Waals surface area contributed by atoms with E-state index < -0.39 is 0 Å². The summed E-state index contributed by atoms with van der Waals surface area (Å²) in [5.74, 6) is 5.38. The maximum atomic E-state index is 12.1. The van der Waals surface area contributed by atoms with E-state index >= 15 is 0 Å². The number of aromatic nitrogens is 3. The molecular weight excluding hydrogens is 268 g/mol. The molecule has 0 fully saturated rings. The van der Waals surface area contributed by atoms with E-state index in [1.807, 2.05) is 0 Å². The van der Waals surface area contributed by atoms with Gasteiger partial charge in [-0.1, -0.05) is 11.8 Å². The molecule has 0 aliphatic carbocycles. The topological polar surface area (TPSA) is 90.9 Å². The number of aliphatic hydroxyl groups is 1. The molecule has 2 aromatic rings. The molecule has 0 saturated carbocycles. The number of aliphatic hydroxyl groups excluding tert-OH is 1. The number of rotatable bonds is 5. The average Bonchev–Trinajstić information content (AvgIpc) is 3.01. The van der Waals surface area contributed by atoms with Gasteiger partial charge >= 0.3 is 0 Å². The van der Waals surface area contributed by atoms with Crippen molar-refractivity contribution in [3.05, 3.63) is 47.8 Å². The van der Waals surface area contributed by atoms with E-state index in [0.29, 0.717) is 30.6 Å². The molecule has 6 heteroatoms. The van der Waals surface area contributed by atoms with Crippen LogP contribution in [-0.4, -0.2) is 39.1 Å². The zero-order chi connectivity index (χ0) is 14.9. The molecule has 0 radical (unpaired) electrons. The number of carbonyl (C=O) groups is 1. The highest BCUT2D eigenvalue weighted by Gasteiger charge is 2.10. The van der Waals surface area contributed by atoms with Gasteiger partial charge in [0.2, 0.25) is 0 Å². The first-order valence-corrected chi connectivity index (χ1v) is 6.61. The molecule has 2 rings (SSSR count). The summed E-state index contributed by atoms with van der Waals surface area (Å²) in [5.41, 5.74) is 1.82. The van der Waals surface area contributed by atoms with Crippen LogP contribution < -0.4 is 5.32 Å². The Morgan fingerprint density at radius 3 is 3.14 bits per heavy atom. The molecule has 0 bridgehead atoms. The number of imidazole rings is 1. The largest absolute Gasteiger partial charge is 0.395 e. The summed E-state index contributed by atoms with van der Waals surface area (Å²) in [6.45, 7) is 0.486. The van der Waals surface area contributed by atoms with Crippen molar-refractivity contribution in [2.24, 2.45) is 0 Å². The molecule has 0 saturated heterocycles.